The van der Waals surface area contributed by atoms with E-state index in [9.17, 15) is 0 Å². The summed E-state index contributed by atoms with van der Waals surface area (Å²) in [7, 11) is 0. The van der Waals surface area contributed by atoms with Gasteiger partial charge in [-0.25, -0.2) is 15.0 Å². The van der Waals surface area contributed by atoms with Crippen LogP contribution < -0.4 is 0 Å². The first kappa shape index (κ1) is 24.4. The number of rotatable bonds is 6. The van der Waals surface area contributed by atoms with Crippen LogP contribution >= 0.6 is 0 Å². The van der Waals surface area contributed by atoms with Gasteiger partial charge in [0.05, 0.1) is 6.85 Å². The SMILES string of the molecule is [2H]c1c([2H])c([2H])c(-c2ccc(-c3cccc(-c4nc(-c5ccccc5)nc(-c5ccc6ccc(-c7ccccc7)cc6c5)n4)c3)c3ccccc23)c([2H])c1[2H]. The molecule has 1 aromatic heterocycles. The lowest BCUT2D eigenvalue weighted by Crippen LogP contribution is -2.00. The van der Waals surface area contributed by atoms with E-state index in [1.165, 1.54) is 0 Å². The van der Waals surface area contributed by atoms with Gasteiger partial charge in [-0.1, -0.05) is 170 Å². The van der Waals surface area contributed by atoms with Crippen LogP contribution in [0.15, 0.2) is 188 Å². The first-order chi connectivity index (χ1) is 26.8. The monoisotopic (exact) mass is 642 g/mol. The lowest BCUT2D eigenvalue weighted by atomic mass is 9.91. The number of benzene rings is 8. The van der Waals surface area contributed by atoms with Gasteiger partial charge in [0.25, 0.3) is 0 Å². The highest BCUT2D eigenvalue weighted by molar-refractivity contribution is 6.05. The van der Waals surface area contributed by atoms with Gasteiger partial charge in [0.15, 0.2) is 17.5 Å². The minimum atomic E-state index is -0.411. The molecule has 0 spiro atoms. The Morgan fingerprint density at radius 2 is 0.820 bits per heavy atom. The predicted molar refractivity (Wildman–Crippen MR) is 207 cm³/mol. The number of hydrogen-bond acceptors (Lipinski definition) is 3. The van der Waals surface area contributed by atoms with Crippen LogP contribution in [0, 0.1) is 0 Å². The maximum absolute atomic E-state index is 8.64. The van der Waals surface area contributed by atoms with Crippen molar-refractivity contribution in [2.24, 2.45) is 0 Å². The Balaban J connectivity index is 1.17. The van der Waals surface area contributed by atoms with E-state index in [1.807, 2.05) is 103 Å². The van der Waals surface area contributed by atoms with Crippen molar-refractivity contribution in [2.45, 2.75) is 0 Å². The summed E-state index contributed by atoms with van der Waals surface area (Å²) in [5.74, 6) is 1.66. The molecule has 9 aromatic rings. The molecule has 0 saturated heterocycles. The van der Waals surface area contributed by atoms with Gasteiger partial charge in [0.2, 0.25) is 0 Å². The summed E-state index contributed by atoms with van der Waals surface area (Å²) in [4.78, 5) is 15.0. The van der Waals surface area contributed by atoms with Crippen molar-refractivity contribution >= 4 is 21.5 Å². The Morgan fingerprint density at radius 1 is 0.320 bits per heavy atom. The van der Waals surface area contributed by atoms with Crippen LogP contribution in [0.5, 0.6) is 0 Å². The molecule has 0 amide bonds. The molecule has 0 aliphatic carbocycles. The molecule has 0 unspecified atom stereocenters. The fourth-order valence-corrected chi connectivity index (χ4v) is 6.53. The summed E-state index contributed by atoms with van der Waals surface area (Å²) in [6.45, 7) is 0. The highest BCUT2D eigenvalue weighted by Crippen LogP contribution is 2.37. The fraction of sp³-hybridized carbons (Fsp3) is 0. The molecule has 234 valence electrons. The maximum Gasteiger partial charge on any atom is 0.164 e. The van der Waals surface area contributed by atoms with Gasteiger partial charge < -0.3 is 0 Å². The molecule has 0 radical (unpaired) electrons. The van der Waals surface area contributed by atoms with Crippen LogP contribution in [0.4, 0.5) is 0 Å². The third-order valence-corrected chi connectivity index (χ3v) is 9.00. The van der Waals surface area contributed by atoms with Crippen molar-refractivity contribution in [1.82, 2.24) is 15.0 Å². The number of aromatic nitrogens is 3. The number of hydrogen-bond donors (Lipinski definition) is 0. The summed E-state index contributed by atoms with van der Waals surface area (Å²) in [5.41, 5.74) is 7.46. The molecule has 0 saturated carbocycles. The third-order valence-electron chi connectivity index (χ3n) is 9.00. The van der Waals surface area contributed by atoms with E-state index in [0.717, 1.165) is 60.5 Å². The average molecular weight is 643 g/mol. The molecule has 0 atom stereocenters. The van der Waals surface area contributed by atoms with E-state index >= 15 is 0 Å². The molecule has 0 N–H and O–H groups in total. The van der Waals surface area contributed by atoms with Gasteiger partial charge in [-0.05, 0) is 73.1 Å². The molecule has 1 heterocycles. The molecular weight excluding hydrogens is 607 g/mol. The van der Waals surface area contributed by atoms with Gasteiger partial charge in [-0.2, -0.15) is 0 Å². The second-order valence-corrected chi connectivity index (χ2v) is 12.1. The molecule has 9 rings (SSSR count). The molecule has 3 nitrogen and oxygen atoms in total. The molecule has 0 bridgehead atoms. The van der Waals surface area contributed by atoms with E-state index < -0.39 is 6.04 Å². The van der Waals surface area contributed by atoms with Crippen LogP contribution in [0.3, 0.4) is 0 Å². The van der Waals surface area contributed by atoms with Crippen LogP contribution in [0.2, 0.25) is 0 Å². The van der Waals surface area contributed by atoms with Gasteiger partial charge in [0, 0.05) is 16.7 Å². The second kappa shape index (κ2) is 12.7. The van der Waals surface area contributed by atoms with E-state index in [1.54, 1.807) is 0 Å². The molecule has 0 aliphatic heterocycles. The lowest BCUT2D eigenvalue weighted by molar-refractivity contribution is 1.07. The van der Waals surface area contributed by atoms with E-state index in [4.69, 9.17) is 21.8 Å². The van der Waals surface area contributed by atoms with Crippen molar-refractivity contribution in [3.63, 3.8) is 0 Å². The summed E-state index contributed by atoms with van der Waals surface area (Å²) in [6, 6.07) is 51.1. The van der Waals surface area contributed by atoms with Gasteiger partial charge in [-0.3, -0.25) is 0 Å². The van der Waals surface area contributed by atoms with Gasteiger partial charge in [0.1, 0.15) is 0 Å². The zero-order valence-corrected chi connectivity index (χ0v) is 26.9. The Labute approximate surface area is 298 Å². The molecule has 50 heavy (non-hydrogen) atoms. The van der Waals surface area contributed by atoms with Crippen LogP contribution in [-0.2, 0) is 0 Å². The van der Waals surface area contributed by atoms with Crippen molar-refractivity contribution < 1.29 is 6.85 Å². The molecule has 3 heteroatoms. The zero-order valence-electron chi connectivity index (χ0n) is 31.9. The van der Waals surface area contributed by atoms with Gasteiger partial charge in [-0.15, -0.1) is 0 Å². The third kappa shape index (κ3) is 5.61. The van der Waals surface area contributed by atoms with Crippen LogP contribution in [0.25, 0.3) is 89.1 Å². The number of fused-ring (bicyclic) bond motifs is 2. The molecule has 0 fully saturated rings. The Hall–Kier alpha value is -6.71. The maximum atomic E-state index is 8.64. The van der Waals surface area contributed by atoms with Crippen molar-refractivity contribution in [2.75, 3.05) is 0 Å². The first-order valence-electron chi connectivity index (χ1n) is 18.9. The molecule has 8 aromatic carbocycles. The second-order valence-electron chi connectivity index (χ2n) is 12.1. The standard InChI is InChI=1S/C47H31N3/c1-4-13-32(14-5-1)36-25-23-33-24-26-39(31-40(33)29-36)47-49-45(35-17-8-3-9-18-35)48-46(50-47)38-20-12-19-37(30-38)42-28-27-41(34-15-6-2-7-16-34)43-21-10-11-22-44(42)43/h1-31H/i2D,6D,7D,15D,16D. The highest BCUT2D eigenvalue weighted by Gasteiger charge is 2.15. The first-order valence-corrected chi connectivity index (χ1v) is 16.4. The topological polar surface area (TPSA) is 38.7 Å². The van der Waals surface area contributed by atoms with Crippen molar-refractivity contribution in [1.29, 1.82) is 0 Å². The minimum Gasteiger partial charge on any atom is -0.208 e. The summed E-state index contributed by atoms with van der Waals surface area (Å²) < 4.78 is 41.9. The van der Waals surface area contributed by atoms with Crippen LogP contribution in [0.1, 0.15) is 6.85 Å². The number of nitrogens with zero attached hydrogens (tertiary/aromatic N) is 3. The summed E-state index contributed by atoms with van der Waals surface area (Å²) in [6.07, 6.45) is 0. The quantitative estimate of drug-likeness (QED) is 0.181. The Morgan fingerprint density at radius 3 is 1.50 bits per heavy atom. The van der Waals surface area contributed by atoms with Crippen molar-refractivity contribution in [3.05, 3.63) is 188 Å². The van der Waals surface area contributed by atoms with Gasteiger partial charge >= 0.3 is 0 Å². The van der Waals surface area contributed by atoms with E-state index in [0.29, 0.717) is 23.0 Å². The van der Waals surface area contributed by atoms with E-state index in [-0.39, 0.29) is 29.7 Å². The molecule has 0 aliphatic rings. The Kier molecular flexibility index (Phi) is 6.22. The van der Waals surface area contributed by atoms with Crippen LogP contribution in [-0.4, -0.2) is 15.0 Å². The van der Waals surface area contributed by atoms with Crippen molar-refractivity contribution in [3.8, 4) is 67.5 Å². The smallest absolute Gasteiger partial charge is 0.164 e. The summed E-state index contributed by atoms with van der Waals surface area (Å²) >= 11 is 0. The highest BCUT2D eigenvalue weighted by atomic mass is 15.0. The largest absolute Gasteiger partial charge is 0.208 e. The minimum absolute atomic E-state index is 0.179. The predicted octanol–water partition coefficient (Wildman–Crippen LogP) is 12.2. The summed E-state index contributed by atoms with van der Waals surface area (Å²) in [5, 5.41) is 3.88. The fourth-order valence-electron chi connectivity index (χ4n) is 6.53. The normalized spacial score (nSPS) is 12.6. The average Bonchev–Trinajstić information content (AvgIpc) is 3.25. The molecular formula is C47H31N3. The lowest BCUT2D eigenvalue weighted by Gasteiger charge is -2.13. The zero-order chi connectivity index (χ0) is 37.6. The van der Waals surface area contributed by atoms with E-state index in [2.05, 4.69) is 54.6 Å². The Bertz CT molecular complexity index is 2900.